The van der Waals surface area contributed by atoms with Crippen LogP contribution in [0.4, 0.5) is 5.69 Å². The molecule has 1 atom stereocenters. The predicted molar refractivity (Wildman–Crippen MR) is 57.1 cm³/mol. The molecule has 2 rings (SSSR count). The standard InChI is InChI=1S/C10H10BrNO2/c1-5(13)8-4-7(11)2-6-3-9(14)12-10(6)8/h2,4-5,13H,3H2,1H3,(H,12,14). The summed E-state index contributed by atoms with van der Waals surface area (Å²) in [5, 5.41) is 12.3. The molecule has 0 radical (unpaired) electrons. The zero-order chi connectivity index (χ0) is 10.3. The van der Waals surface area contributed by atoms with Crippen molar-refractivity contribution < 1.29 is 9.90 Å². The summed E-state index contributed by atoms with van der Waals surface area (Å²) in [5.41, 5.74) is 2.48. The molecule has 3 nitrogen and oxygen atoms in total. The van der Waals surface area contributed by atoms with Gasteiger partial charge in [0.15, 0.2) is 0 Å². The molecule has 0 aliphatic carbocycles. The smallest absolute Gasteiger partial charge is 0.228 e. The largest absolute Gasteiger partial charge is 0.389 e. The van der Waals surface area contributed by atoms with Crippen LogP contribution < -0.4 is 5.32 Å². The average Bonchev–Trinajstić information content (AvgIpc) is 2.42. The van der Waals surface area contributed by atoms with Crippen LogP contribution in [0.1, 0.15) is 24.2 Å². The number of amides is 1. The molecule has 1 amide bonds. The van der Waals surface area contributed by atoms with Gasteiger partial charge in [0, 0.05) is 10.0 Å². The highest BCUT2D eigenvalue weighted by Gasteiger charge is 2.22. The van der Waals surface area contributed by atoms with Crippen LogP contribution in [0.5, 0.6) is 0 Å². The molecule has 0 bridgehead atoms. The molecule has 1 aliphatic heterocycles. The van der Waals surface area contributed by atoms with Gasteiger partial charge in [0.25, 0.3) is 0 Å². The zero-order valence-electron chi connectivity index (χ0n) is 7.67. The number of carbonyl (C=O) groups excluding carboxylic acids is 1. The lowest BCUT2D eigenvalue weighted by molar-refractivity contribution is -0.115. The van der Waals surface area contributed by atoms with E-state index in [1.165, 1.54) is 0 Å². The number of fused-ring (bicyclic) bond motifs is 1. The number of aliphatic hydroxyl groups is 1. The van der Waals surface area contributed by atoms with E-state index in [0.29, 0.717) is 6.42 Å². The van der Waals surface area contributed by atoms with Gasteiger partial charge in [0.2, 0.25) is 5.91 Å². The van der Waals surface area contributed by atoms with Crippen LogP contribution in [0.2, 0.25) is 0 Å². The van der Waals surface area contributed by atoms with Gasteiger partial charge >= 0.3 is 0 Å². The first kappa shape index (κ1) is 9.68. The molecule has 2 N–H and O–H groups in total. The Balaban J connectivity index is 2.57. The van der Waals surface area contributed by atoms with Crippen molar-refractivity contribution in [1.29, 1.82) is 0 Å². The second-order valence-electron chi connectivity index (χ2n) is 3.43. The molecule has 74 valence electrons. The minimum Gasteiger partial charge on any atom is -0.389 e. The van der Waals surface area contributed by atoms with E-state index >= 15 is 0 Å². The fourth-order valence-electron chi connectivity index (χ4n) is 1.66. The Morgan fingerprint density at radius 3 is 2.93 bits per heavy atom. The SMILES string of the molecule is CC(O)c1cc(Br)cc2c1NC(=O)C2. The van der Waals surface area contributed by atoms with Gasteiger partial charge in [-0.05, 0) is 24.6 Å². The Morgan fingerprint density at radius 1 is 1.57 bits per heavy atom. The van der Waals surface area contributed by atoms with E-state index in [9.17, 15) is 9.90 Å². The minimum absolute atomic E-state index is 0.0139. The quantitative estimate of drug-likeness (QED) is 0.807. The number of rotatable bonds is 1. The van der Waals surface area contributed by atoms with Gasteiger partial charge in [-0.15, -0.1) is 0 Å². The third kappa shape index (κ3) is 1.55. The van der Waals surface area contributed by atoms with E-state index in [-0.39, 0.29) is 5.91 Å². The summed E-state index contributed by atoms with van der Waals surface area (Å²) >= 11 is 3.35. The topological polar surface area (TPSA) is 49.3 Å². The molecule has 1 aromatic carbocycles. The van der Waals surface area contributed by atoms with Crippen molar-refractivity contribution >= 4 is 27.5 Å². The maximum Gasteiger partial charge on any atom is 0.228 e. The predicted octanol–water partition coefficient (Wildman–Crippen LogP) is 2.00. The number of nitrogens with one attached hydrogen (secondary N) is 1. The Hall–Kier alpha value is -0.870. The number of hydrogen-bond donors (Lipinski definition) is 2. The number of carbonyl (C=O) groups is 1. The number of aliphatic hydroxyl groups excluding tert-OH is 1. The van der Waals surface area contributed by atoms with E-state index in [2.05, 4.69) is 21.2 Å². The summed E-state index contributed by atoms with van der Waals surface area (Å²) in [4.78, 5) is 11.2. The minimum atomic E-state index is -0.570. The highest BCUT2D eigenvalue weighted by atomic mass is 79.9. The van der Waals surface area contributed by atoms with Crippen molar-refractivity contribution in [2.24, 2.45) is 0 Å². The number of halogens is 1. The Kier molecular flexibility index (Phi) is 2.33. The molecule has 0 spiro atoms. The molecule has 0 fully saturated rings. The van der Waals surface area contributed by atoms with Crippen LogP contribution in [0, 0.1) is 0 Å². The number of hydrogen-bond acceptors (Lipinski definition) is 2. The average molecular weight is 256 g/mol. The van der Waals surface area contributed by atoms with Crippen LogP contribution >= 0.6 is 15.9 Å². The van der Waals surface area contributed by atoms with Gasteiger partial charge < -0.3 is 10.4 Å². The van der Waals surface area contributed by atoms with Crippen LogP contribution in [-0.4, -0.2) is 11.0 Å². The molecule has 1 unspecified atom stereocenters. The molecule has 14 heavy (non-hydrogen) atoms. The van der Waals surface area contributed by atoms with E-state index in [1.807, 2.05) is 12.1 Å². The van der Waals surface area contributed by atoms with E-state index in [0.717, 1.165) is 21.3 Å². The first-order chi connectivity index (χ1) is 6.58. The fraction of sp³-hybridized carbons (Fsp3) is 0.300. The molecule has 4 heteroatoms. The molecule has 1 aliphatic rings. The maximum absolute atomic E-state index is 11.2. The van der Waals surface area contributed by atoms with Crippen LogP contribution in [0.15, 0.2) is 16.6 Å². The normalized spacial score (nSPS) is 16.4. The van der Waals surface area contributed by atoms with Crippen LogP contribution in [0.3, 0.4) is 0 Å². The van der Waals surface area contributed by atoms with Crippen molar-refractivity contribution in [3.63, 3.8) is 0 Å². The van der Waals surface area contributed by atoms with Gasteiger partial charge in [-0.2, -0.15) is 0 Å². The van der Waals surface area contributed by atoms with E-state index < -0.39 is 6.10 Å². The van der Waals surface area contributed by atoms with E-state index in [4.69, 9.17) is 0 Å². The first-order valence-corrected chi connectivity index (χ1v) is 5.17. The summed E-state index contributed by atoms with van der Waals surface area (Å²) in [7, 11) is 0. The van der Waals surface area contributed by atoms with E-state index in [1.54, 1.807) is 6.92 Å². The maximum atomic E-state index is 11.2. The van der Waals surface area contributed by atoms with Crippen molar-refractivity contribution in [2.45, 2.75) is 19.4 Å². The summed E-state index contributed by atoms with van der Waals surface area (Å²) < 4.78 is 0.892. The highest BCUT2D eigenvalue weighted by Crippen LogP contribution is 2.34. The lowest BCUT2D eigenvalue weighted by Gasteiger charge is -2.11. The molecular formula is C10H10BrNO2. The van der Waals surface area contributed by atoms with Gasteiger partial charge in [-0.25, -0.2) is 0 Å². The molecule has 0 aromatic heterocycles. The molecule has 1 aromatic rings. The summed E-state index contributed by atoms with van der Waals surface area (Å²) in [6.07, 6.45) is -0.172. The lowest BCUT2D eigenvalue weighted by Crippen LogP contribution is -2.05. The van der Waals surface area contributed by atoms with Crippen LogP contribution in [-0.2, 0) is 11.2 Å². The van der Waals surface area contributed by atoms with Gasteiger partial charge in [-0.3, -0.25) is 4.79 Å². The Bertz CT molecular complexity index is 401. The van der Waals surface area contributed by atoms with Crippen molar-refractivity contribution in [3.8, 4) is 0 Å². The van der Waals surface area contributed by atoms with Crippen molar-refractivity contribution in [1.82, 2.24) is 0 Å². The Labute approximate surface area is 90.3 Å². The third-order valence-corrected chi connectivity index (χ3v) is 2.74. The van der Waals surface area contributed by atoms with Gasteiger partial charge in [0.1, 0.15) is 0 Å². The molecule has 1 heterocycles. The summed E-state index contributed by atoms with van der Waals surface area (Å²) in [6.45, 7) is 1.69. The second-order valence-corrected chi connectivity index (χ2v) is 4.35. The monoisotopic (exact) mass is 255 g/mol. The van der Waals surface area contributed by atoms with Gasteiger partial charge in [-0.1, -0.05) is 15.9 Å². The highest BCUT2D eigenvalue weighted by molar-refractivity contribution is 9.10. The molecule has 0 saturated carbocycles. The van der Waals surface area contributed by atoms with Crippen LogP contribution in [0.25, 0.3) is 0 Å². The van der Waals surface area contributed by atoms with Gasteiger partial charge in [0.05, 0.1) is 18.2 Å². The Morgan fingerprint density at radius 2 is 2.29 bits per heavy atom. The molecule has 0 saturated heterocycles. The second kappa shape index (κ2) is 3.37. The molecular weight excluding hydrogens is 246 g/mol. The summed E-state index contributed by atoms with van der Waals surface area (Å²) in [5.74, 6) is -0.0139. The van der Waals surface area contributed by atoms with Crippen molar-refractivity contribution in [2.75, 3.05) is 5.32 Å². The number of benzene rings is 1. The number of anilines is 1. The first-order valence-electron chi connectivity index (χ1n) is 4.38. The third-order valence-electron chi connectivity index (χ3n) is 2.28. The van der Waals surface area contributed by atoms with Crippen molar-refractivity contribution in [3.05, 3.63) is 27.7 Å². The fourth-order valence-corrected chi connectivity index (χ4v) is 2.19. The lowest BCUT2D eigenvalue weighted by atomic mass is 10.0. The zero-order valence-corrected chi connectivity index (χ0v) is 9.26. The summed E-state index contributed by atoms with van der Waals surface area (Å²) in [6, 6.07) is 3.73.